The van der Waals surface area contributed by atoms with Crippen molar-refractivity contribution in [2.24, 2.45) is 0 Å². The minimum absolute atomic E-state index is 1.06. The van der Waals surface area contributed by atoms with E-state index in [9.17, 15) is 0 Å². The smallest absolute Gasteiger partial charge is 0.0440 e. The number of hydrogen-bond acceptors (Lipinski definition) is 2. The van der Waals surface area contributed by atoms with E-state index in [4.69, 9.17) is 0 Å². The molecule has 0 fully saturated rings. The molecule has 0 unspecified atom stereocenters. The topological polar surface area (TPSA) is 12.0 Å². The van der Waals surface area contributed by atoms with Crippen molar-refractivity contribution in [2.75, 3.05) is 5.32 Å². The van der Waals surface area contributed by atoms with Gasteiger partial charge in [-0.05, 0) is 111 Å². The summed E-state index contributed by atoms with van der Waals surface area (Å²) in [6.45, 7) is 2.19. The van der Waals surface area contributed by atoms with E-state index in [1.807, 2.05) is 11.3 Å². The molecular formula is C59H45NS. The van der Waals surface area contributed by atoms with E-state index >= 15 is 0 Å². The fourth-order valence-electron chi connectivity index (χ4n) is 8.52. The minimum atomic E-state index is 1.06. The highest BCUT2D eigenvalue weighted by Crippen LogP contribution is 2.45. The van der Waals surface area contributed by atoms with E-state index in [2.05, 4.69) is 237 Å². The normalized spacial score (nSPS) is 12.4. The Balaban J connectivity index is 0.000000293. The molecule has 1 N–H and O–H groups in total. The van der Waals surface area contributed by atoms with E-state index in [-0.39, 0.29) is 0 Å². The van der Waals surface area contributed by atoms with Crippen molar-refractivity contribution in [2.45, 2.75) is 19.8 Å². The summed E-state index contributed by atoms with van der Waals surface area (Å²) in [5.41, 5.74) is 16.3. The molecule has 0 radical (unpaired) electrons. The minimum Gasteiger partial charge on any atom is -0.356 e. The van der Waals surface area contributed by atoms with Gasteiger partial charge in [0.05, 0.1) is 0 Å². The summed E-state index contributed by atoms with van der Waals surface area (Å²) in [4.78, 5) is 0. The van der Waals surface area contributed by atoms with Gasteiger partial charge in [-0.1, -0.05) is 200 Å². The first kappa shape index (κ1) is 38.0. The SMILES string of the molecule is CC1=CC=C(c2ccccc2)CC1.c1ccc(-c2ccc(-c3c(-c4ccc(Nc5ccc(-c6cccc7ccccc67)cc5)cc4)ccc4c3sc3ccccc34)cc2)cc1. The van der Waals surface area contributed by atoms with Crippen LogP contribution in [-0.2, 0) is 0 Å². The third kappa shape index (κ3) is 8.07. The molecule has 2 heteroatoms. The molecule has 1 heterocycles. The van der Waals surface area contributed by atoms with Gasteiger partial charge in [-0.25, -0.2) is 0 Å². The van der Waals surface area contributed by atoms with Crippen molar-refractivity contribution in [3.05, 3.63) is 236 Å². The van der Waals surface area contributed by atoms with Crippen LogP contribution in [0.15, 0.2) is 230 Å². The predicted octanol–water partition coefficient (Wildman–Crippen LogP) is 17.4. The number of anilines is 2. The molecular weight excluding hydrogens is 755 g/mol. The molecule has 0 atom stereocenters. The Morgan fingerprint density at radius 1 is 0.377 bits per heavy atom. The van der Waals surface area contributed by atoms with Crippen molar-refractivity contribution < 1.29 is 0 Å². The average Bonchev–Trinajstić information content (AvgIpc) is 3.72. The first-order valence-electron chi connectivity index (χ1n) is 21.1. The van der Waals surface area contributed by atoms with Crippen LogP contribution in [0.4, 0.5) is 11.4 Å². The lowest BCUT2D eigenvalue weighted by Crippen LogP contribution is -1.91. The first-order chi connectivity index (χ1) is 30.1. The summed E-state index contributed by atoms with van der Waals surface area (Å²) < 4.78 is 2.65. The third-order valence-corrected chi connectivity index (χ3v) is 13.0. The second kappa shape index (κ2) is 17.1. The monoisotopic (exact) mass is 799 g/mol. The largest absolute Gasteiger partial charge is 0.356 e. The van der Waals surface area contributed by atoms with Crippen LogP contribution < -0.4 is 5.32 Å². The van der Waals surface area contributed by atoms with E-state index in [1.54, 1.807) is 0 Å². The number of thiophene rings is 1. The molecule has 0 saturated carbocycles. The third-order valence-electron chi connectivity index (χ3n) is 11.8. The van der Waals surface area contributed by atoms with E-state index in [1.165, 1.54) is 105 Å². The number of allylic oxidation sites excluding steroid dienone is 4. The number of hydrogen-bond donors (Lipinski definition) is 1. The van der Waals surface area contributed by atoms with Crippen molar-refractivity contribution in [1.29, 1.82) is 0 Å². The number of fused-ring (bicyclic) bond motifs is 4. The van der Waals surface area contributed by atoms with Gasteiger partial charge in [-0.15, -0.1) is 11.3 Å². The van der Waals surface area contributed by atoms with Crippen LogP contribution in [0.1, 0.15) is 25.3 Å². The quantitative estimate of drug-likeness (QED) is 0.169. The molecule has 0 saturated heterocycles. The van der Waals surface area contributed by atoms with Gasteiger partial charge < -0.3 is 5.32 Å². The molecule has 0 amide bonds. The summed E-state index contributed by atoms with van der Waals surface area (Å²) in [7, 11) is 0. The van der Waals surface area contributed by atoms with E-state index in [0.717, 1.165) is 11.4 Å². The van der Waals surface area contributed by atoms with Gasteiger partial charge >= 0.3 is 0 Å². The van der Waals surface area contributed by atoms with Crippen LogP contribution in [0.3, 0.4) is 0 Å². The fraction of sp³-hybridized carbons (Fsp3) is 0.0508. The molecule has 0 spiro atoms. The molecule has 0 bridgehead atoms. The summed E-state index contributed by atoms with van der Waals surface area (Å²) in [6, 6.07) is 76.3. The van der Waals surface area contributed by atoms with Crippen molar-refractivity contribution in [1.82, 2.24) is 0 Å². The lowest BCUT2D eigenvalue weighted by Gasteiger charge is -2.14. The Labute approximate surface area is 362 Å². The lowest BCUT2D eigenvalue weighted by atomic mass is 9.91. The zero-order valence-corrected chi connectivity index (χ0v) is 35.0. The highest BCUT2D eigenvalue weighted by molar-refractivity contribution is 7.26. The fourth-order valence-corrected chi connectivity index (χ4v) is 9.79. The summed E-state index contributed by atoms with van der Waals surface area (Å²) >= 11 is 1.89. The molecule has 1 aromatic heterocycles. The molecule has 10 aromatic rings. The number of rotatable bonds is 7. The van der Waals surface area contributed by atoms with Gasteiger partial charge in [0.15, 0.2) is 0 Å². The van der Waals surface area contributed by atoms with Crippen LogP contribution in [0, 0.1) is 0 Å². The second-order valence-corrected chi connectivity index (χ2v) is 16.8. The molecule has 292 valence electrons. The standard InChI is InChI=1S/C46H31NS.C13H14/c1-2-9-31(10-3-1)32-17-19-36(20-18-32)45-41(29-30-43-42-14-6-7-16-44(42)48-46(43)45)35-23-27-38(28-24-35)47-37-25-21-34(22-26-37)40-15-8-12-33-11-4-5-13-39(33)40;1-11-7-9-13(10-8-11)12-5-3-2-4-6-12/h1-30,47H;2-7,9H,8,10H2,1H3. The Hall–Kier alpha value is -7.26. The van der Waals surface area contributed by atoms with Gasteiger partial charge in [0.2, 0.25) is 0 Å². The summed E-state index contributed by atoms with van der Waals surface area (Å²) in [6.07, 6.45) is 6.87. The predicted molar refractivity (Wildman–Crippen MR) is 266 cm³/mol. The maximum atomic E-state index is 3.62. The molecule has 0 aliphatic heterocycles. The lowest BCUT2D eigenvalue weighted by molar-refractivity contribution is 0.977. The zero-order chi connectivity index (χ0) is 41.0. The van der Waals surface area contributed by atoms with Gasteiger partial charge in [-0.3, -0.25) is 0 Å². The van der Waals surface area contributed by atoms with Crippen molar-refractivity contribution >= 4 is 59.2 Å². The Morgan fingerprint density at radius 2 is 0.934 bits per heavy atom. The molecule has 61 heavy (non-hydrogen) atoms. The highest BCUT2D eigenvalue weighted by Gasteiger charge is 2.16. The van der Waals surface area contributed by atoms with E-state index < -0.39 is 0 Å². The van der Waals surface area contributed by atoms with Crippen LogP contribution >= 0.6 is 11.3 Å². The molecule has 1 nitrogen and oxygen atoms in total. The molecule has 1 aliphatic rings. The average molecular weight is 800 g/mol. The van der Waals surface area contributed by atoms with Gasteiger partial charge in [0.1, 0.15) is 0 Å². The first-order valence-corrected chi connectivity index (χ1v) is 21.9. The summed E-state index contributed by atoms with van der Waals surface area (Å²) in [5.74, 6) is 0. The van der Waals surface area contributed by atoms with Crippen LogP contribution in [0.2, 0.25) is 0 Å². The maximum absolute atomic E-state index is 3.62. The zero-order valence-electron chi connectivity index (χ0n) is 34.2. The Bertz CT molecular complexity index is 3170. The van der Waals surface area contributed by atoms with Crippen LogP contribution in [-0.4, -0.2) is 0 Å². The molecule has 1 aliphatic carbocycles. The molecule has 9 aromatic carbocycles. The van der Waals surface area contributed by atoms with Crippen molar-refractivity contribution in [3.8, 4) is 44.5 Å². The Kier molecular flexibility index (Phi) is 10.7. The van der Waals surface area contributed by atoms with Crippen LogP contribution in [0.5, 0.6) is 0 Å². The number of nitrogens with one attached hydrogen (secondary N) is 1. The second-order valence-electron chi connectivity index (χ2n) is 15.8. The van der Waals surface area contributed by atoms with E-state index in [0.29, 0.717) is 0 Å². The van der Waals surface area contributed by atoms with Gasteiger partial charge in [0.25, 0.3) is 0 Å². The molecule has 11 rings (SSSR count). The number of benzene rings is 9. The van der Waals surface area contributed by atoms with Crippen LogP contribution in [0.25, 0.3) is 81.0 Å². The Morgan fingerprint density at radius 3 is 1.62 bits per heavy atom. The highest BCUT2D eigenvalue weighted by atomic mass is 32.1. The summed E-state index contributed by atoms with van der Waals surface area (Å²) in [5, 5.41) is 8.78. The van der Waals surface area contributed by atoms with Gasteiger partial charge in [-0.2, -0.15) is 0 Å². The maximum Gasteiger partial charge on any atom is 0.0440 e. The van der Waals surface area contributed by atoms with Crippen molar-refractivity contribution in [3.63, 3.8) is 0 Å². The van der Waals surface area contributed by atoms with Gasteiger partial charge in [0, 0.05) is 37.1 Å².